The van der Waals surface area contributed by atoms with Crippen LogP contribution in [0.2, 0.25) is 0 Å². The third-order valence-electron chi connectivity index (χ3n) is 2.20. The van der Waals surface area contributed by atoms with Gasteiger partial charge in [-0.3, -0.25) is 0 Å². The number of rotatable bonds is 6. The zero-order valence-corrected chi connectivity index (χ0v) is 8.75. The van der Waals surface area contributed by atoms with Gasteiger partial charge in [0.15, 0.2) is 0 Å². The Labute approximate surface area is 76.0 Å². The molecule has 0 radical (unpaired) electrons. The Bertz CT molecular complexity index is 107. The quantitative estimate of drug-likeness (QED) is 0.625. The zero-order valence-electron chi connectivity index (χ0n) is 8.75. The maximum absolute atomic E-state index is 8.66. The first-order valence-electron chi connectivity index (χ1n) is 4.57. The van der Waals surface area contributed by atoms with Crippen LogP contribution in [0.5, 0.6) is 0 Å². The van der Waals surface area contributed by atoms with Crippen molar-refractivity contribution in [2.24, 2.45) is 0 Å². The summed E-state index contributed by atoms with van der Waals surface area (Å²) in [4.78, 5) is 4.44. The van der Waals surface area contributed by atoms with Gasteiger partial charge in [0.05, 0.1) is 6.61 Å². The monoisotopic (exact) mass is 174 g/mol. The molecule has 0 fully saturated rings. The van der Waals surface area contributed by atoms with Gasteiger partial charge in [0, 0.05) is 25.7 Å². The highest BCUT2D eigenvalue weighted by Crippen LogP contribution is 1.93. The molecule has 0 bridgehead atoms. The predicted molar refractivity (Wildman–Crippen MR) is 52.3 cm³/mol. The summed E-state index contributed by atoms with van der Waals surface area (Å²) in [6.07, 6.45) is 0. The molecule has 3 nitrogen and oxygen atoms in total. The third kappa shape index (κ3) is 5.52. The van der Waals surface area contributed by atoms with Gasteiger partial charge in [-0.2, -0.15) is 0 Å². The molecule has 0 unspecified atom stereocenters. The van der Waals surface area contributed by atoms with Crippen LogP contribution in [0.1, 0.15) is 13.8 Å². The van der Waals surface area contributed by atoms with Gasteiger partial charge in [0.2, 0.25) is 0 Å². The van der Waals surface area contributed by atoms with Crippen LogP contribution in [0, 0.1) is 0 Å². The van der Waals surface area contributed by atoms with Gasteiger partial charge in [-0.15, -0.1) is 0 Å². The van der Waals surface area contributed by atoms with Gasteiger partial charge >= 0.3 is 0 Å². The Morgan fingerprint density at radius 2 is 1.67 bits per heavy atom. The number of nitrogens with zero attached hydrogens (tertiary/aromatic N) is 2. The van der Waals surface area contributed by atoms with E-state index >= 15 is 0 Å². The average molecular weight is 174 g/mol. The Balaban J connectivity index is 3.40. The highest BCUT2D eigenvalue weighted by molar-refractivity contribution is 4.59. The first kappa shape index (κ1) is 11.9. The van der Waals surface area contributed by atoms with Crippen molar-refractivity contribution in [1.29, 1.82) is 0 Å². The molecule has 0 aromatic rings. The summed E-state index contributed by atoms with van der Waals surface area (Å²) >= 11 is 0. The molecular weight excluding hydrogens is 152 g/mol. The Morgan fingerprint density at radius 3 is 2.08 bits per heavy atom. The summed E-state index contributed by atoms with van der Waals surface area (Å²) in [5.41, 5.74) is 0. The molecule has 0 amide bonds. The molecule has 0 spiro atoms. The summed E-state index contributed by atoms with van der Waals surface area (Å²) in [7, 11) is 4.15. The molecule has 0 rings (SSSR count). The number of hydrogen-bond acceptors (Lipinski definition) is 3. The molecule has 0 atom stereocenters. The van der Waals surface area contributed by atoms with Crippen LogP contribution in [0.25, 0.3) is 0 Å². The molecular formula is C9H22N2O. The highest BCUT2D eigenvalue weighted by Gasteiger charge is 2.03. The lowest BCUT2D eigenvalue weighted by Crippen LogP contribution is -2.35. The maximum Gasteiger partial charge on any atom is 0.0558 e. The zero-order chi connectivity index (χ0) is 9.56. The van der Waals surface area contributed by atoms with Crippen LogP contribution < -0.4 is 0 Å². The summed E-state index contributed by atoms with van der Waals surface area (Å²) in [6, 6.07) is 0.604. The molecule has 0 aliphatic heterocycles. The standard InChI is InChI=1S/C9H22N2O/c1-9(2)11(4)6-5-10(3)7-8-12/h9,12H,5-8H2,1-4H3. The molecule has 0 aliphatic carbocycles. The van der Waals surface area contributed by atoms with Crippen molar-refractivity contribution in [2.75, 3.05) is 40.3 Å². The molecule has 3 heteroatoms. The van der Waals surface area contributed by atoms with Crippen LogP contribution >= 0.6 is 0 Å². The summed E-state index contributed by atoms with van der Waals surface area (Å²) in [5.74, 6) is 0. The van der Waals surface area contributed by atoms with Crippen molar-refractivity contribution < 1.29 is 5.11 Å². The fourth-order valence-corrected chi connectivity index (χ4v) is 0.869. The van der Waals surface area contributed by atoms with E-state index in [2.05, 4.69) is 30.7 Å². The first-order chi connectivity index (χ1) is 5.57. The largest absolute Gasteiger partial charge is 0.395 e. The second-order valence-corrected chi connectivity index (χ2v) is 3.60. The van der Waals surface area contributed by atoms with Crippen molar-refractivity contribution in [1.82, 2.24) is 9.80 Å². The van der Waals surface area contributed by atoms with E-state index < -0.39 is 0 Å². The molecule has 74 valence electrons. The molecule has 0 heterocycles. The Morgan fingerprint density at radius 1 is 1.08 bits per heavy atom. The minimum Gasteiger partial charge on any atom is -0.395 e. The number of hydrogen-bond donors (Lipinski definition) is 1. The van der Waals surface area contributed by atoms with E-state index in [-0.39, 0.29) is 6.61 Å². The van der Waals surface area contributed by atoms with Crippen molar-refractivity contribution in [3.63, 3.8) is 0 Å². The average Bonchev–Trinajstić information content (AvgIpc) is 2.00. The van der Waals surface area contributed by atoms with E-state index in [1.807, 2.05) is 7.05 Å². The van der Waals surface area contributed by atoms with Crippen LogP contribution in [-0.4, -0.2) is 61.3 Å². The molecule has 1 N–H and O–H groups in total. The van der Waals surface area contributed by atoms with Crippen molar-refractivity contribution in [2.45, 2.75) is 19.9 Å². The molecule has 0 saturated carbocycles. The molecule has 12 heavy (non-hydrogen) atoms. The molecule has 0 aliphatic rings. The van der Waals surface area contributed by atoms with Crippen LogP contribution in [0.3, 0.4) is 0 Å². The lowest BCUT2D eigenvalue weighted by Gasteiger charge is -2.24. The van der Waals surface area contributed by atoms with Gasteiger partial charge < -0.3 is 14.9 Å². The van der Waals surface area contributed by atoms with E-state index in [9.17, 15) is 0 Å². The Kier molecular flexibility index (Phi) is 6.34. The number of aliphatic hydroxyl groups excluding tert-OH is 1. The normalized spacial score (nSPS) is 12.0. The van der Waals surface area contributed by atoms with Crippen molar-refractivity contribution in [3.8, 4) is 0 Å². The van der Waals surface area contributed by atoms with Crippen LogP contribution in [-0.2, 0) is 0 Å². The van der Waals surface area contributed by atoms with E-state index in [1.165, 1.54) is 0 Å². The fraction of sp³-hybridized carbons (Fsp3) is 1.00. The van der Waals surface area contributed by atoms with E-state index in [1.54, 1.807) is 0 Å². The van der Waals surface area contributed by atoms with Gasteiger partial charge in [-0.1, -0.05) is 0 Å². The van der Waals surface area contributed by atoms with Crippen LogP contribution in [0.4, 0.5) is 0 Å². The fourth-order valence-electron chi connectivity index (χ4n) is 0.869. The second-order valence-electron chi connectivity index (χ2n) is 3.60. The smallest absolute Gasteiger partial charge is 0.0558 e. The SMILES string of the molecule is CC(C)N(C)CCN(C)CCO. The van der Waals surface area contributed by atoms with Crippen LogP contribution in [0.15, 0.2) is 0 Å². The van der Waals surface area contributed by atoms with Crippen molar-refractivity contribution >= 4 is 0 Å². The summed E-state index contributed by atoms with van der Waals surface area (Å²) in [5, 5.41) is 8.66. The molecule has 0 saturated heterocycles. The third-order valence-corrected chi connectivity index (χ3v) is 2.20. The lowest BCUT2D eigenvalue weighted by atomic mass is 10.3. The van der Waals surface area contributed by atoms with Crippen molar-refractivity contribution in [3.05, 3.63) is 0 Å². The minimum atomic E-state index is 0.252. The molecule has 0 aromatic carbocycles. The van der Waals surface area contributed by atoms with Gasteiger partial charge in [-0.05, 0) is 27.9 Å². The minimum absolute atomic E-state index is 0.252. The Hall–Kier alpha value is -0.120. The predicted octanol–water partition coefficient (Wildman–Crippen LogP) is 0.251. The number of aliphatic hydroxyl groups is 1. The lowest BCUT2D eigenvalue weighted by molar-refractivity contribution is 0.190. The summed E-state index contributed by atoms with van der Waals surface area (Å²) < 4.78 is 0. The number of likely N-dealkylation sites (N-methyl/N-ethyl adjacent to an activating group) is 2. The van der Waals surface area contributed by atoms with E-state index in [0.717, 1.165) is 19.6 Å². The van der Waals surface area contributed by atoms with E-state index in [0.29, 0.717) is 6.04 Å². The van der Waals surface area contributed by atoms with Gasteiger partial charge in [0.1, 0.15) is 0 Å². The summed E-state index contributed by atoms with van der Waals surface area (Å²) in [6.45, 7) is 7.48. The second kappa shape index (κ2) is 6.40. The maximum atomic E-state index is 8.66. The highest BCUT2D eigenvalue weighted by atomic mass is 16.3. The first-order valence-corrected chi connectivity index (χ1v) is 4.57. The molecule has 0 aromatic heterocycles. The van der Waals surface area contributed by atoms with E-state index in [4.69, 9.17) is 5.11 Å². The topological polar surface area (TPSA) is 26.7 Å². The van der Waals surface area contributed by atoms with Gasteiger partial charge in [0.25, 0.3) is 0 Å². The van der Waals surface area contributed by atoms with Gasteiger partial charge in [-0.25, -0.2) is 0 Å².